The van der Waals surface area contributed by atoms with Crippen molar-refractivity contribution in [3.05, 3.63) is 132 Å². The predicted octanol–water partition coefficient (Wildman–Crippen LogP) is 11.0. The topological polar surface area (TPSA) is 44.9 Å². The minimum absolute atomic E-state index is 0.332. The number of ether oxygens (including phenoxy) is 1. The van der Waals surface area contributed by atoms with E-state index in [9.17, 15) is 4.39 Å². The van der Waals surface area contributed by atoms with Crippen molar-refractivity contribution in [1.82, 2.24) is 19.3 Å². The third kappa shape index (κ3) is 5.99. The monoisotopic (exact) mass is 636 g/mol. The first-order chi connectivity index (χ1) is 23.2. The maximum Gasteiger partial charge on any atom is 0.140 e. The SMILES string of the molecule is Cc1cc(C)c(CC(C)C)c(-c2cnn(-c3cccc(Oc4ccc5c6ccccc6n(-c6cc(F)ccn6)c5c4)c3)c2)c1CC(C)C. The molecule has 7 aromatic rings. The minimum Gasteiger partial charge on any atom is -0.457 e. The first-order valence-corrected chi connectivity index (χ1v) is 16.8. The Hall–Kier alpha value is -5.23. The Morgan fingerprint density at radius 2 is 1.44 bits per heavy atom. The molecule has 0 unspecified atom stereocenters. The Labute approximate surface area is 281 Å². The van der Waals surface area contributed by atoms with Crippen molar-refractivity contribution in [2.24, 2.45) is 11.8 Å². The molecule has 0 atom stereocenters. The summed E-state index contributed by atoms with van der Waals surface area (Å²) in [7, 11) is 0. The lowest BCUT2D eigenvalue weighted by Gasteiger charge is -2.22. The lowest BCUT2D eigenvalue weighted by Crippen LogP contribution is -2.07. The van der Waals surface area contributed by atoms with E-state index in [1.807, 2.05) is 70.0 Å². The first-order valence-electron chi connectivity index (χ1n) is 16.8. The van der Waals surface area contributed by atoms with Crippen molar-refractivity contribution in [3.63, 3.8) is 0 Å². The van der Waals surface area contributed by atoms with Crippen LogP contribution in [0.5, 0.6) is 11.5 Å². The molecule has 0 saturated carbocycles. The molecule has 7 rings (SSSR count). The number of halogens is 1. The van der Waals surface area contributed by atoms with Crippen LogP contribution in [0.2, 0.25) is 0 Å². The van der Waals surface area contributed by atoms with Gasteiger partial charge in [0.15, 0.2) is 0 Å². The fraction of sp³-hybridized carbons (Fsp3) is 0.238. The Bertz CT molecular complexity index is 2240. The van der Waals surface area contributed by atoms with Crippen molar-refractivity contribution in [2.75, 3.05) is 0 Å². The van der Waals surface area contributed by atoms with Gasteiger partial charge in [-0.25, -0.2) is 14.1 Å². The van der Waals surface area contributed by atoms with Crippen LogP contribution >= 0.6 is 0 Å². The van der Waals surface area contributed by atoms with Gasteiger partial charge in [0.2, 0.25) is 0 Å². The van der Waals surface area contributed by atoms with Gasteiger partial charge in [-0.3, -0.25) is 4.57 Å². The molecule has 3 heterocycles. The maximum atomic E-state index is 14.3. The highest BCUT2D eigenvalue weighted by Crippen LogP contribution is 2.37. The van der Waals surface area contributed by atoms with Gasteiger partial charge >= 0.3 is 0 Å². The zero-order chi connectivity index (χ0) is 33.5. The number of aryl methyl sites for hydroxylation is 2. The average Bonchev–Trinajstić information content (AvgIpc) is 3.66. The van der Waals surface area contributed by atoms with Crippen molar-refractivity contribution in [1.29, 1.82) is 0 Å². The fourth-order valence-electron chi connectivity index (χ4n) is 6.96. The summed E-state index contributed by atoms with van der Waals surface area (Å²) in [6.45, 7) is 13.6. The number of nitrogens with zero attached hydrogens (tertiary/aromatic N) is 4. The molecule has 6 heteroatoms. The van der Waals surface area contributed by atoms with E-state index in [4.69, 9.17) is 9.84 Å². The highest BCUT2D eigenvalue weighted by Gasteiger charge is 2.20. The quantitative estimate of drug-likeness (QED) is 0.158. The van der Waals surface area contributed by atoms with Gasteiger partial charge in [0.05, 0.1) is 22.9 Å². The molecule has 242 valence electrons. The van der Waals surface area contributed by atoms with Gasteiger partial charge in [-0.05, 0) is 103 Å². The zero-order valence-corrected chi connectivity index (χ0v) is 28.5. The van der Waals surface area contributed by atoms with E-state index in [-0.39, 0.29) is 5.82 Å². The van der Waals surface area contributed by atoms with Crippen LogP contribution in [0.1, 0.15) is 49.9 Å². The van der Waals surface area contributed by atoms with Crippen LogP contribution in [-0.4, -0.2) is 19.3 Å². The summed E-state index contributed by atoms with van der Waals surface area (Å²) in [5.74, 6) is 2.66. The summed E-state index contributed by atoms with van der Waals surface area (Å²) >= 11 is 0. The van der Waals surface area contributed by atoms with Crippen molar-refractivity contribution in [3.8, 4) is 34.1 Å². The second-order valence-corrected chi connectivity index (χ2v) is 13.7. The Morgan fingerprint density at radius 3 is 2.17 bits per heavy atom. The largest absolute Gasteiger partial charge is 0.457 e. The first kappa shape index (κ1) is 31.4. The van der Waals surface area contributed by atoms with Gasteiger partial charge in [0, 0.05) is 46.9 Å². The molecule has 0 aliphatic rings. The van der Waals surface area contributed by atoms with Gasteiger partial charge in [0.1, 0.15) is 23.1 Å². The number of para-hydroxylation sites is 1. The van der Waals surface area contributed by atoms with Crippen molar-refractivity contribution >= 4 is 21.8 Å². The van der Waals surface area contributed by atoms with Gasteiger partial charge in [-0.1, -0.05) is 58.0 Å². The van der Waals surface area contributed by atoms with Gasteiger partial charge in [0.25, 0.3) is 0 Å². The average molecular weight is 637 g/mol. The molecule has 0 radical (unpaired) electrons. The van der Waals surface area contributed by atoms with Crippen LogP contribution in [0.4, 0.5) is 4.39 Å². The van der Waals surface area contributed by atoms with E-state index in [1.54, 1.807) is 0 Å². The number of benzene rings is 4. The van der Waals surface area contributed by atoms with Crippen molar-refractivity contribution < 1.29 is 9.13 Å². The summed E-state index contributed by atoms with van der Waals surface area (Å²) in [5.41, 5.74) is 10.8. The molecular weight excluding hydrogens is 595 g/mol. The number of aromatic nitrogens is 4. The number of pyridine rings is 1. The third-order valence-electron chi connectivity index (χ3n) is 8.98. The van der Waals surface area contributed by atoms with E-state index < -0.39 is 0 Å². The summed E-state index contributed by atoms with van der Waals surface area (Å²) in [4.78, 5) is 4.49. The standard InChI is InChI=1S/C42H41FN4O/c1-26(2)18-37-28(5)20-29(6)38(19-27(3)4)42(37)30-24-45-46(25-30)32-10-9-11-33(22-32)48-34-14-15-36-35-12-7-8-13-39(35)47(40(36)23-34)41-21-31(43)16-17-44-41/h7-17,20-27H,18-19H2,1-6H3. The van der Waals surface area contributed by atoms with Crippen LogP contribution in [0, 0.1) is 31.5 Å². The molecule has 3 aromatic heterocycles. The summed E-state index contributed by atoms with van der Waals surface area (Å²) in [5, 5.41) is 6.96. The normalized spacial score (nSPS) is 11.8. The third-order valence-corrected chi connectivity index (χ3v) is 8.98. The molecular formula is C42H41FN4O. The van der Waals surface area contributed by atoms with Crippen LogP contribution < -0.4 is 4.74 Å². The lowest BCUT2D eigenvalue weighted by molar-refractivity contribution is 0.483. The molecule has 0 spiro atoms. The van der Waals surface area contributed by atoms with Crippen molar-refractivity contribution in [2.45, 2.75) is 54.4 Å². The molecule has 0 amide bonds. The molecule has 0 aliphatic carbocycles. The fourth-order valence-corrected chi connectivity index (χ4v) is 6.96. The van der Waals surface area contributed by atoms with E-state index in [0.717, 1.165) is 45.9 Å². The Morgan fingerprint density at radius 1 is 0.729 bits per heavy atom. The van der Waals surface area contributed by atoms with Crippen LogP contribution in [0.25, 0.3) is 44.4 Å². The van der Waals surface area contributed by atoms with Crippen LogP contribution in [0.3, 0.4) is 0 Å². The summed E-state index contributed by atoms with van der Waals surface area (Å²) in [6, 6.07) is 27.3. The molecule has 0 fully saturated rings. The van der Waals surface area contributed by atoms with E-state index >= 15 is 0 Å². The minimum atomic E-state index is -0.332. The molecule has 0 saturated heterocycles. The smallest absolute Gasteiger partial charge is 0.140 e. The summed E-state index contributed by atoms with van der Waals surface area (Å²) in [6.07, 6.45) is 7.70. The summed E-state index contributed by atoms with van der Waals surface area (Å²) < 4.78 is 24.7. The zero-order valence-electron chi connectivity index (χ0n) is 28.5. The molecule has 0 aliphatic heterocycles. The molecule has 5 nitrogen and oxygen atoms in total. The van der Waals surface area contributed by atoms with Gasteiger partial charge in [-0.15, -0.1) is 0 Å². The Balaban J connectivity index is 1.25. The predicted molar refractivity (Wildman–Crippen MR) is 194 cm³/mol. The molecule has 48 heavy (non-hydrogen) atoms. The maximum absolute atomic E-state index is 14.3. The Kier molecular flexibility index (Phi) is 8.34. The van der Waals surface area contributed by atoms with E-state index in [0.29, 0.717) is 29.2 Å². The molecule has 0 N–H and O–H groups in total. The number of hydrogen-bond donors (Lipinski definition) is 0. The molecule has 4 aromatic carbocycles. The van der Waals surface area contributed by atoms with E-state index in [1.165, 1.54) is 46.1 Å². The van der Waals surface area contributed by atoms with Gasteiger partial charge < -0.3 is 4.74 Å². The van der Waals surface area contributed by atoms with Gasteiger partial charge in [-0.2, -0.15) is 5.10 Å². The van der Waals surface area contributed by atoms with Crippen LogP contribution in [0.15, 0.2) is 104 Å². The van der Waals surface area contributed by atoms with E-state index in [2.05, 4.69) is 70.9 Å². The highest BCUT2D eigenvalue weighted by molar-refractivity contribution is 6.09. The second kappa shape index (κ2) is 12.8. The lowest BCUT2D eigenvalue weighted by atomic mass is 9.83. The second-order valence-electron chi connectivity index (χ2n) is 13.7. The number of hydrogen-bond acceptors (Lipinski definition) is 3. The number of rotatable bonds is 9. The number of fused-ring (bicyclic) bond motifs is 3. The van der Waals surface area contributed by atoms with Crippen LogP contribution in [-0.2, 0) is 12.8 Å². The molecule has 0 bridgehead atoms. The highest BCUT2D eigenvalue weighted by atomic mass is 19.1.